The highest BCUT2D eigenvalue weighted by molar-refractivity contribution is 7.16. The molecule has 0 aromatic carbocycles. The van der Waals surface area contributed by atoms with Gasteiger partial charge in [0, 0.05) is 25.7 Å². The summed E-state index contributed by atoms with van der Waals surface area (Å²) in [7, 11) is 0. The maximum absolute atomic E-state index is 11.9. The molecule has 0 radical (unpaired) electrons. The first-order chi connectivity index (χ1) is 11.7. The molecule has 4 rings (SSSR count). The van der Waals surface area contributed by atoms with E-state index in [0.717, 1.165) is 47.7 Å². The van der Waals surface area contributed by atoms with Crippen LogP contribution in [0.4, 0.5) is 5.82 Å². The first-order valence-corrected chi connectivity index (χ1v) is 9.06. The minimum absolute atomic E-state index is 0.0150. The summed E-state index contributed by atoms with van der Waals surface area (Å²) >= 11 is 1.65. The Morgan fingerprint density at radius 1 is 1.21 bits per heavy atom. The van der Waals surface area contributed by atoms with Crippen LogP contribution < -0.4 is 10.5 Å². The standard InChI is InChI=1S/C17H19N5OS/c1-12-2-3-15(23)22(20-12)10-13-4-7-21(8-5-13)16-14-6-9-24-17(14)19-11-18-16/h2-3,6,9,11,13H,4-5,7-8,10H2,1H3. The molecule has 3 aromatic rings. The van der Waals surface area contributed by atoms with Crippen LogP contribution >= 0.6 is 11.3 Å². The highest BCUT2D eigenvalue weighted by Crippen LogP contribution is 2.30. The maximum atomic E-state index is 11.9. The van der Waals surface area contributed by atoms with E-state index in [0.29, 0.717) is 12.5 Å². The third kappa shape index (κ3) is 2.91. The van der Waals surface area contributed by atoms with Crippen molar-refractivity contribution in [2.45, 2.75) is 26.3 Å². The zero-order valence-electron chi connectivity index (χ0n) is 13.6. The first kappa shape index (κ1) is 15.3. The molecule has 1 fully saturated rings. The number of aryl methyl sites for hydroxylation is 1. The number of fused-ring (bicyclic) bond motifs is 1. The highest BCUT2D eigenvalue weighted by atomic mass is 32.1. The van der Waals surface area contributed by atoms with Crippen LogP contribution in [0.1, 0.15) is 18.5 Å². The Labute approximate surface area is 143 Å². The molecule has 0 aliphatic carbocycles. The Bertz CT molecular complexity index is 910. The van der Waals surface area contributed by atoms with Gasteiger partial charge < -0.3 is 4.90 Å². The van der Waals surface area contributed by atoms with Gasteiger partial charge in [-0.15, -0.1) is 11.3 Å². The number of piperidine rings is 1. The Kier molecular flexibility index (Phi) is 4.02. The van der Waals surface area contributed by atoms with Gasteiger partial charge in [-0.3, -0.25) is 4.79 Å². The predicted molar refractivity (Wildman–Crippen MR) is 95.6 cm³/mol. The Balaban J connectivity index is 1.46. The van der Waals surface area contributed by atoms with E-state index in [1.54, 1.807) is 34.5 Å². The maximum Gasteiger partial charge on any atom is 0.266 e. The third-order valence-corrected chi connectivity index (χ3v) is 5.41. The quantitative estimate of drug-likeness (QED) is 0.732. The van der Waals surface area contributed by atoms with Crippen molar-refractivity contribution in [3.63, 3.8) is 0 Å². The van der Waals surface area contributed by atoms with Gasteiger partial charge in [0.25, 0.3) is 5.56 Å². The lowest BCUT2D eigenvalue weighted by atomic mass is 9.96. The lowest BCUT2D eigenvalue weighted by Gasteiger charge is -2.33. The molecule has 0 spiro atoms. The molecule has 3 aromatic heterocycles. The second-order valence-electron chi connectivity index (χ2n) is 6.26. The topological polar surface area (TPSA) is 63.9 Å². The van der Waals surface area contributed by atoms with E-state index >= 15 is 0 Å². The van der Waals surface area contributed by atoms with Crippen LogP contribution in [0.5, 0.6) is 0 Å². The molecule has 0 saturated carbocycles. The Morgan fingerprint density at radius 2 is 2.04 bits per heavy atom. The molecule has 1 aliphatic rings. The van der Waals surface area contributed by atoms with Crippen LogP contribution in [0.25, 0.3) is 10.2 Å². The normalized spacial score (nSPS) is 16.0. The van der Waals surface area contributed by atoms with E-state index in [1.165, 1.54) is 0 Å². The molecule has 0 amide bonds. The van der Waals surface area contributed by atoms with Crippen LogP contribution in [0.3, 0.4) is 0 Å². The van der Waals surface area contributed by atoms with Crippen molar-refractivity contribution in [1.82, 2.24) is 19.7 Å². The van der Waals surface area contributed by atoms with Gasteiger partial charge in [0.05, 0.1) is 11.1 Å². The third-order valence-electron chi connectivity index (χ3n) is 4.59. The molecular weight excluding hydrogens is 322 g/mol. The van der Waals surface area contributed by atoms with Crippen molar-refractivity contribution >= 4 is 27.4 Å². The summed E-state index contributed by atoms with van der Waals surface area (Å²) in [6, 6.07) is 5.46. The molecule has 124 valence electrons. The summed E-state index contributed by atoms with van der Waals surface area (Å²) in [5.74, 6) is 1.51. The van der Waals surface area contributed by atoms with Crippen molar-refractivity contribution < 1.29 is 0 Å². The van der Waals surface area contributed by atoms with E-state index in [9.17, 15) is 4.79 Å². The Hall–Kier alpha value is -2.28. The Morgan fingerprint density at radius 3 is 2.88 bits per heavy atom. The average molecular weight is 341 g/mol. The van der Waals surface area contributed by atoms with Gasteiger partial charge in [-0.25, -0.2) is 14.6 Å². The van der Waals surface area contributed by atoms with Crippen LogP contribution in [0, 0.1) is 12.8 Å². The fourth-order valence-electron chi connectivity index (χ4n) is 3.28. The highest BCUT2D eigenvalue weighted by Gasteiger charge is 2.22. The summed E-state index contributed by atoms with van der Waals surface area (Å²) in [4.78, 5) is 24.1. The minimum Gasteiger partial charge on any atom is -0.356 e. The molecule has 1 saturated heterocycles. The second-order valence-corrected chi connectivity index (χ2v) is 7.16. The smallest absolute Gasteiger partial charge is 0.266 e. The van der Waals surface area contributed by atoms with Crippen LogP contribution in [0.2, 0.25) is 0 Å². The number of rotatable bonds is 3. The zero-order chi connectivity index (χ0) is 16.5. The molecule has 0 atom stereocenters. The minimum atomic E-state index is -0.0150. The fourth-order valence-corrected chi connectivity index (χ4v) is 4.01. The fraction of sp³-hybridized carbons (Fsp3) is 0.412. The lowest BCUT2D eigenvalue weighted by molar-refractivity contribution is 0.333. The molecule has 7 heteroatoms. The molecule has 0 N–H and O–H groups in total. The molecule has 6 nitrogen and oxygen atoms in total. The van der Waals surface area contributed by atoms with Gasteiger partial charge in [0.2, 0.25) is 0 Å². The molecule has 4 heterocycles. The van der Waals surface area contributed by atoms with E-state index in [2.05, 4.69) is 31.4 Å². The van der Waals surface area contributed by atoms with Crippen molar-refractivity contribution in [2.24, 2.45) is 5.92 Å². The van der Waals surface area contributed by atoms with Crippen LogP contribution in [-0.4, -0.2) is 32.8 Å². The van der Waals surface area contributed by atoms with Crippen LogP contribution in [-0.2, 0) is 6.54 Å². The molecule has 0 bridgehead atoms. The largest absolute Gasteiger partial charge is 0.356 e. The predicted octanol–water partition coefficient (Wildman–Crippen LogP) is 2.47. The average Bonchev–Trinajstić information content (AvgIpc) is 3.08. The van der Waals surface area contributed by atoms with Gasteiger partial charge in [-0.2, -0.15) is 5.10 Å². The number of hydrogen-bond acceptors (Lipinski definition) is 6. The van der Waals surface area contributed by atoms with E-state index in [4.69, 9.17) is 0 Å². The number of nitrogens with zero attached hydrogens (tertiary/aromatic N) is 5. The van der Waals surface area contributed by atoms with E-state index < -0.39 is 0 Å². The number of thiophene rings is 1. The SMILES string of the molecule is Cc1ccc(=O)n(CC2CCN(c3ncnc4sccc34)CC2)n1. The summed E-state index contributed by atoms with van der Waals surface area (Å²) < 4.78 is 1.61. The lowest BCUT2D eigenvalue weighted by Crippen LogP contribution is -2.37. The molecule has 0 unspecified atom stereocenters. The first-order valence-electron chi connectivity index (χ1n) is 8.18. The summed E-state index contributed by atoms with van der Waals surface area (Å²) in [6.07, 6.45) is 3.73. The molecular formula is C17H19N5OS. The number of aromatic nitrogens is 4. The summed E-state index contributed by atoms with van der Waals surface area (Å²) in [5.41, 5.74) is 0.867. The summed E-state index contributed by atoms with van der Waals surface area (Å²) in [6.45, 7) is 4.52. The van der Waals surface area contributed by atoms with Gasteiger partial charge in [-0.1, -0.05) is 0 Å². The number of anilines is 1. The van der Waals surface area contributed by atoms with E-state index in [-0.39, 0.29) is 5.56 Å². The van der Waals surface area contributed by atoms with Crippen molar-refractivity contribution in [1.29, 1.82) is 0 Å². The van der Waals surface area contributed by atoms with Crippen molar-refractivity contribution in [3.05, 3.63) is 46.0 Å². The van der Waals surface area contributed by atoms with Crippen LogP contribution in [0.15, 0.2) is 34.7 Å². The van der Waals surface area contributed by atoms with Crippen molar-refractivity contribution in [3.8, 4) is 0 Å². The second kappa shape index (κ2) is 6.32. The summed E-state index contributed by atoms with van der Waals surface area (Å²) in [5, 5.41) is 7.55. The monoisotopic (exact) mass is 341 g/mol. The molecule has 24 heavy (non-hydrogen) atoms. The van der Waals surface area contributed by atoms with Gasteiger partial charge in [-0.05, 0) is 43.2 Å². The number of hydrogen-bond donors (Lipinski definition) is 0. The molecule has 1 aliphatic heterocycles. The van der Waals surface area contributed by atoms with Gasteiger partial charge in [0.1, 0.15) is 17.0 Å². The zero-order valence-corrected chi connectivity index (χ0v) is 14.4. The van der Waals surface area contributed by atoms with E-state index in [1.807, 2.05) is 6.92 Å². The van der Waals surface area contributed by atoms with Gasteiger partial charge >= 0.3 is 0 Å². The van der Waals surface area contributed by atoms with Gasteiger partial charge in [0.15, 0.2) is 0 Å². The van der Waals surface area contributed by atoms with Crippen molar-refractivity contribution in [2.75, 3.05) is 18.0 Å².